The molecular formula is C21H26FN3O4. The van der Waals surface area contributed by atoms with Crippen LogP contribution in [0.25, 0.3) is 0 Å². The Bertz CT molecular complexity index is 845. The van der Waals surface area contributed by atoms with Gasteiger partial charge in [0.25, 0.3) is 0 Å². The van der Waals surface area contributed by atoms with E-state index in [1.54, 1.807) is 0 Å². The fraction of sp³-hybridized carbons (Fsp3) is 0.571. The van der Waals surface area contributed by atoms with E-state index in [1.165, 1.54) is 19.2 Å². The van der Waals surface area contributed by atoms with E-state index in [2.05, 4.69) is 15.4 Å². The maximum atomic E-state index is 14.6. The van der Waals surface area contributed by atoms with Crippen LogP contribution in [0.2, 0.25) is 0 Å². The van der Waals surface area contributed by atoms with Crippen LogP contribution in [0.1, 0.15) is 42.5 Å². The second-order valence-electron chi connectivity index (χ2n) is 8.21. The summed E-state index contributed by atoms with van der Waals surface area (Å²) in [5.41, 5.74) is 0.650. The van der Waals surface area contributed by atoms with Crippen LogP contribution in [0.4, 0.5) is 15.8 Å². The van der Waals surface area contributed by atoms with E-state index < -0.39 is 11.8 Å². The van der Waals surface area contributed by atoms with Gasteiger partial charge in [0.2, 0.25) is 5.91 Å². The molecule has 29 heavy (non-hydrogen) atoms. The van der Waals surface area contributed by atoms with Gasteiger partial charge in [-0.3, -0.25) is 9.59 Å². The fourth-order valence-electron chi connectivity index (χ4n) is 4.33. The normalized spacial score (nSPS) is 20.5. The van der Waals surface area contributed by atoms with Crippen molar-refractivity contribution in [2.45, 2.75) is 32.1 Å². The molecule has 2 aliphatic heterocycles. The first-order chi connectivity index (χ1) is 13.9. The van der Waals surface area contributed by atoms with Crippen LogP contribution >= 0.6 is 0 Å². The van der Waals surface area contributed by atoms with Crippen molar-refractivity contribution < 1.29 is 23.5 Å². The summed E-state index contributed by atoms with van der Waals surface area (Å²) >= 11 is 0. The summed E-state index contributed by atoms with van der Waals surface area (Å²) in [5.74, 6) is -1.07. The molecule has 0 aromatic heterocycles. The van der Waals surface area contributed by atoms with Crippen molar-refractivity contribution in [2.75, 3.05) is 43.5 Å². The van der Waals surface area contributed by atoms with Crippen LogP contribution in [0.15, 0.2) is 12.1 Å². The first-order valence-electron chi connectivity index (χ1n) is 10.2. The van der Waals surface area contributed by atoms with Gasteiger partial charge in [-0.2, -0.15) is 0 Å². The smallest absolute Gasteiger partial charge is 0.340 e. The lowest BCUT2D eigenvalue weighted by Gasteiger charge is -2.39. The minimum atomic E-state index is -0.758. The van der Waals surface area contributed by atoms with E-state index in [-0.39, 0.29) is 35.1 Å². The number of nitrogens with one attached hydrogen (secondary N) is 2. The third-order valence-corrected chi connectivity index (χ3v) is 6.41. The Morgan fingerprint density at radius 1 is 1.28 bits per heavy atom. The van der Waals surface area contributed by atoms with Gasteiger partial charge in [0.1, 0.15) is 5.82 Å². The molecule has 1 saturated carbocycles. The summed E-state index contributed by atoms with van der Waals surface area (Å²) in [4.78, 5) is 38.3. The van der Waals surface area contributed by atoms with E-state index in [1.807, 2.05) is 4.90 Å². The molecule has 0 bridgehead atoms. The van der Waals surface area contributed by atoms with Gasteiger partial charge in [0, 0.05) is 31.6 Å². The Balaban J connectivity index is 1.57. The molecule has 0 radical (unpaired) electrons. The second-order valence-corrected chi connectivity index (χ2v) is 8.21. The van der Waals surface area contributed by atoms with Gasteiger partial charge in [0.15, 0.2) is 5.78 Å². The van der Waals surface area contributed by atoms with Crippen molar-refractivity contribution in [3.05, 3.63) is 23.5 Å². The van der Waals surface area contributed by atoms with Crippen LogP contribution < -0.4 is 15.5 Å². The number of nitrogens with zero attached hydrogens (tertiary/aromatic N) is 1. The Morgan fingerprint density at radius 2 is 2.00 bits per heavy atom. The van der Waals surface area contributed by atoms with Gasteiger partial charge in [0.05, 0.1) is 36.0 Å². The predicted molar refractivity (Wildman–Crippen MR) is 105 cm³/mol. The molecule has 2 N–H and O–H groups in total. The van der Waals surface area contributed by atoms with E-state index in [0.717, 1.165) is 19.3 Å². The standard InChI is InChI=1S/C21H26FN3O4/c1-29-19(27)14-10-16(24-12-18(26)13-2-3-13)17(11-15(14)22)25-8-5-21(6-9-25)4-7-23-20(21)28/h10-11,13,24H,2-9,12H2,1H3,(H,23,28). The van der Waals surface area contributed by atoms with E-state index in [0.29, 0.717) is 43.9 Å². The van der Waals surface area contributed by atoms with Gasteiger partial charge in [-0.25, -0.2) is 9.18 Å². The summed E-state index contributed by atoms with van der Waals surface area (Å²) in [6.45, 7) is 2.06. The lowest BCUT2D eigenvalue weighted by Crippen LogP contribution is -2.44. The number of methoxy groups -OCH3 is 1. The highest BCUT2D eigenvalue weighted by atomic mass is 19.1. The first-order valence-corrected chi connectivity index (χ1v) is 10.2. The predicted octanol–water partition coefficient (Wildman–Crippen LogP) is 2.11. The molecule has 0 atom stereocenters. The van der Waals surface area contributed by atoms with E-state index in [4.69, 9.17) is 0 Å². The number of anilines is 2. The van der Waals surface area contributed by atoms with Crippen LogP contribution in [0, 0.1) is 17.2 Å². The van der Waals surface area contributed by atoms with Gasteiger partial charge in [-0.1, -0.05) is 0 Å². The number of hydrogen-bond donors (Lipinski definition) is 2. The summed E-state index contributed by atoms with van der Waals surface area (Å²) in [6, 6.07) is 2.74. The number of amides is 1. The number of Topliss-reactive ketones (excluding diaryl/α,β-unsaturated/α-hetero) is 1. The number of benzene rings is 1. The molecule has 8 heteroatoms. The average Bonchev–Trinajstić information content (AvgIpc) is 3.52. The largest absolute Gasteiger partial charge is 0.465 e. The lowest BCUT2D eigenvalue weighted by atomic mass is 9.77. The number of piperidine rings is 1. The molecule has 1 aromatic carbocycles. The van der Waals surface area contributed by atoms with Crippen LogP contribution in [0.3, 0.4) is 0 Å². The quantitative estimate of drug-likeness (QED) is 0.708. The van der Waals surface area contributed by atoms with E-state index in [9.17, 15) is 18.8 Å². The number of carbonyl (C=O) groups is 3. The third-order valence-electron chi connectivity index (χ3n) is 6.41. The van der Waals surface area contributed by atoms with Gasteiger partial charge >= 0.3 is 5.97 Å². The highest BCUT2D eigenvalue weighted by molar-refractivity contribution is 5.94. The minimum Gasteiger partial charge on any atom is -0.465 e. The zero-order valence-corrected chi connectivity index (χ0v) is 16.6. The topological polar surface area (TPSA) is 87.7 Å². The number of esters is 1. The van der Waals surface area contributed by atoms with Crippen LogP contribution in [0.5, 0.6) is 0 Å². The van der Waals surface area contributed by atoms with Crippen molar-refractivity contribution in [3.8, 4) is 0 Å². The number of hydrogen-bond acceptors (Lipinski definition) is 6. The van der Waals surface area contributed by atoms with Gasteiger partial charge < -0.3 is 20.3 Å². The fourth-order valence-corrected chi connectivity index (χ4v) is 4.33. The molecular weight excluding hydrogens is 377 g/mol. The van der Waals surface area contributed by atoms with Crippen molar-refractivity contribution in [1.82, 2.24) is 5.32 Å². The molecule has 1 amide bonds. The summed E-state index contributed by atoms with van der Waals surface area (Å²) in [7, 11) is 1.20. The molecule has 3 fully saturated rings. The number of rotatable bonds is 6. The van der Waals surface area contributed by atoms with Crippen LogP contribution in [-0.4, -0.2) is 50.9 Å². The molecule has 4 rings (SSSR count). The van der Waals surface area contributed by atoms with Crippen molar-refractivity contribution in [3.63, 3.8) is 0 Å². The maximum absolute atomic E-state index is 14.6. The molecule has 0 unspecified atom stereocenters. The first kappa shape index (κ1) is 19.7. The molecule has 156 valence electrons. The minimum absolute atomic E-state index is 0.109. The summed E-state index contributed by atoms with van der Waals surface area (Å²) in [6.07, 6.45) is 4.05. The molecule has 1 aromatic rings. The Morgan fingerprint density at radius 3 is 2.59 bits per heavy atom. The number of ketones is 1. The lowest BCUT2D eigenvalue weighted by molar-refractivity contribution is -0.128. The van der Waals surface area contributed by atoms with Crippen molar-refractivity contribution in [1.29, 1.82) is 0 Å². The monoisotopic (exact) mass is 403 g/mol. The second kappa shape index (κ2) is 7.65. The molecule has 1 spiro atoms. The number of carbonyl (C=O) groups excluding carboxylic acids is 3. The zero-order chi connectivity index (χ0) is 20.6. The van der Waals surface area contributed by atoms with Crippen molar-refractivity contribution in [2.24, 2.45) is 11.3 Å². The van der Waals surface area contributed by atoms with Crippen LogP contribution in [-0.2, 0) is 14.3 Å². The maximum Gasteiger partial charge on any atom is 0.340 e. The molecule has 1 aliphatic carbocycles. The highest BCUT2D eigenvalue weighted by Crippen LogP contribution is 2.41. The third kappa shape index (κ3) is 3.80. The van der Waals surface area contributed by atoms with Crippen molar-refractivity contribution >= 4 is 29.0 Å². The van der Waals surface area contributed by atoms with Gasteiger partial charge in [-0.15, -0.1) is 0 Å². The van der Waals surface area contributed by atoms with Gasteiger partial charge in [-0.05, 0) is 38.2 Å². The molecule has 2 heterocycles. The summed E-state index contributed by atoms with van der Waals surface area (Å²) in [5, 5.41) is 6.02. The Labute approximate surface area is 169 Å². The molecule has 7 nitrogen and oxygen atoms in total. The summed E-state index contributed by atoms with van der Waals surface area (Å²) < 4.78 is 19.3. The molecule has 3 aliphatic rings. The number of halogens is 1. The molecule has 2 saturated heterocycles. The zero-order valence-electron chi connectivity index (χ0n) is 16.6. The SMILES string of the molecule is COC(=O)c1cc(NCC(=O)C2CC2)c(N2CCC3(CCNC3=O)CC2)cc1F. The Hall–Kier alpha value is -2.64. The highest BCUT2D eigenvalue weighted by Gasteiger charge is 2.44. The van der Waals surface area contributed by atoms with E-state index >= 15 is 0 Å². The number of ether oxygens (including phenoxy) is 1. The Kier molecular flexibility index (Phi) is 5.19. The average molecular weight is 403 g/mol.